The van der Waals surface area contributed by atoms with E-state index in [1.54, 1.807) is 22.8 Å². The van der Waals surface area contributed by atoms with Gasteiger partial charge in [0, 0.05) is 23.7 Å². The Morgan fingerprint density at radius 1 is 1.08 bits per heavy atom. The molecule has 7 heteroatoms. The Labute approximate surface area is 223 Å². The van der Waals surface area contributed by atoms with Crippen LogP contribution in [0.15, 0.2) is 46.3 Å². The molecule has 3 aromatic rings. The van der Waals surface area contributed by atoms with E-state index in [0.717, 1.165) is 43.2 Å². The summed E-state index contributed by atoms with van der Waals surface area (Å²) in [7, 11) is 0. The molecule has 0 bridgehead atoms. The minimum absolute atomic E-state index is 0.00728. The number of carbonyl (C=O) groups is 2. The highest BCUT2D eigenvalue weighted by Crippen LogP contribution is 2.23. The van der Waals surface area contributed by atoms with Crippen molar-refractivity contribution in [2.24, 2.45) is 5.92 Å². The van der Waals surface area contributed by atoms with Crippen molar-refractivity contribution in [3.8, 4) is 0 Å². The molecule has 0 radical (unpaired) electrons. The number of Topliss-reactive ketones (excluding diaryl/α,β-unsaturated/α-hetero) is 1. The van der Waals surface area contributed by atoms with Crippen LogP contribution >= 0.6 is 11.8 Å². The molecule has 1 heterocycles. The van der Waals surface area contributed by atoms with E-state index in [0.29, 0.717) is 39.6 Å². The number of amides is 1. The maximum absolute atomic E-state index is 13.5. The van der Waals surface area contributed by atoms with Crippen molar-refractivity contribution in [2.45, 2.75) is 84.0 Å². The van der Waals surface area contributed by atoms with E-state index in [1.165, 1.54) is 18.2 Å². The highest BCUT2D eigenvalue weighted by Gasteiger charge is 2.19. The standard InChI is InChI=1S/C30H37N3O3S/c1-19(2)14-15-33-29(36)25-13-11-22(28(35)31-23-8-6-5-7-9-23)17-26(25)32-30(33)37-18-27(34)24-12-10-20(3)16-21(24)4/h10-13,16-17,19,23H,5-9,14-15,18H2,1-4H3,(H,31,35). The smallest absolute Gasteiger partial charge is 0.262 e. The summed E-state index contributed by atoms with van der Waals surface area (Å²) in [5, 5.41) is 4.14. The first-order valence-electron chi connectivity index (χ1n) is 13.3. The van der Waals surface area contributed by atoms with Crippen molar-refractivity contribution >= 4 is 34.4 Å². The van der Waals surface area contributed by atoms with E-state index in [4.69, 9.17) is 4.98 Å². The number of aryl methyl sites for hydroxylation is 2. The molecule has 196 valence electrons. The number of nitrogens with zero attached hydrogens (tertiary/aromatic N) is 2. The van der Waals surface area contributed by atoms with Crippen molar-refractivity contribution in [3.05, 3.63) is 69.0 Å². The van der Waals surface area contributed by atoms with Gasteiger partial charge in [-0.15, -0.1) is 0 Å². The lowest BCUT2D eigenvalue weighted by Gasteiger charge is -2.22. The second-order valence-electron chi connectivity index (χ2n) is 10.6. The number of ketones is 1. The average molecular weight is 520 g/mol. The molecule has 0 unspecified atom stereocenters. The fraction of sp³-hybridized carbons (Fsp3) is 0.467. The van der Waals surface area contributed by atoms with Crippen LogP contribution in [-0.4, -0.2) is 33.0 Å². The molecule has 2 aromatic carbocycles. The lowest BCUT2D eigenvalue weighted by atomic mass is 9.95. The van der Waals surface area contributed by atoms with E-state index < -0.39 is 0 Å². The molecule has 0 saturated heterocycles. The van der Waals surface area contributed by atoms with Crippen LogP contribution in [0.2, 0.25) is 0 Å². The molecule has 1 aliphatic rings. The predicted octanol–water partition coefficient (Wildman–Crippen LogP) is 6.10. The summed E-state index contributed by atoms with van der Waals surface area (Å²) in [6.07, 6.45) is 6.35. The Kier molecular flexibility index (Phi) is 8.85. The second-order valence-corrected chi connectivity index (χ2v) is 11.5. The number of hydrogen-bond acceptors (Lipinski definition) is 5. The zero-order valence-corrected chi connectivity index (χ0v) is 23.1. The number of aromatic nitrogens is 2. The molecule has 4 rings (SSSR count). The Balaban J connectivity index is 1.63. The monoisotopic (exact) mass is 519 g/mol. The molecule has 0 aliphatic heterocycles. The van der Waals surface area contributed by atoms with E-state index in [1.807, 2.05) is 32.0 Å². The van der Waals surface area contributed by atoms with Gasteiger partial charge in [-0.3, -0.25) is 19.0 Å². The summed E-state index contributed by atoms with van der Waals surface area (Å²) in [4.78, 5) is 44.2. The van der Waals surface area contributed by atoms with Gasteiger partial charge in [0.05, 0.1) is 16.7 Å². The molecule has 6 nitrogen and oxygen atoms in total. The summed E-state index contributed by atoms with van der Waals surface area (Å²) < 4.78 is 1.68. The van der Waals surface area contributed by atoms with Gasteiger partial charge < -0.3 is 5.32 Å². The first-order chi connectivity index (χ1) is 17.7. The minimum atomic E-state index is -0.133. The van der Waals surface area contributed by atoms with Crippen LogP contribution in [0.4, 0.5) is 0 Å². The maximum atomic E-state index is 13.5. The van der Waals surface area contributed by atoms with Crippen LogP contribution < -0.4 is 10.9 Å². The van der Waals surface area contributed by atoms with Gasteiger partial charge >= 0.3 is 0 Å². The van der Waals surface area contributed by atoms with Crippen molar-refractivity contribution in [3.63, 3.8) is 0 Å². The first kappa shape index (κ1) is 27.1. The number of thioether (sulfide) groups is 1. The zero-order chi connectivity index (χ0) is 26.5. The Morgan fingerprint density at radius 2 is 1.84 bits per heavy atom. The van der Waals surface area contributed by atoms with Gasteiger partial charge in [-0.05, 0) is 62.8 Å². The Bertz CT molecular complexity index is 1360. The fourth-order valence-corrected chi connectivity index (χ4v) is 5.80. The van der Waals surface area contributed by atoms with Gasteiger partial charge in [0.15, 0.2) is 10.9 Å². The molecule has 1 aromatic heterocycles. The molecule has 1 fully saturated rings. The lowest BCUT2D eigenvalue weighted by molar-refractivity contribution is 0.0927. The van der Waals surface area contributed by atoms with Gasteiger partial charge in [-0.1, -0.05) is 68.6 Å². The molecule has 1 N–H and O–H groups in total. The van der Waals surface area contributed by atoms with E-state index in [9.17, 15) is 14.4 Å². The summed E-state index contributed by atoms with van der Waals surface area (Å²) in [6, 6.07) is 11.1. The van der Waals surface area contributed by atoms with Gasteiger partial charge in [0.25, 0.3) is 11.5 Å². The molecule has 37 heavy (non-hydrogen) atoms. The summed E-state index contributed by atoms with van der Waals surface area (Å²) in [5.74, 6) is 0.487. The highest BCUT2D eigenvalue weighted by molar-refractivity contribution is 7.99. The van der Waals surface area contributed by atoms with Crippen LogP contribution in [0.3, 0.4) is 0 Å². The van der Waals surface area contributed by atoms with Gasteiger partial charge in [-0.25, -0.2) is 4.98 Å². The van der Waals surface area contributed by atoms with Crippen LogP contribution in [-0.2, 0) is 6.54 Å². The average Bonchev–Trinajstić information content (AvgIpc) is 2.87. The summed E-state index contributed by atoms with van der Waals surface area (Å²) >= 11 is 1.29. The SMILES string of the molecule is Cc1ccc(C(=O)CSc2nc3cc(C(=O)NC4CCCCC4)ccc3c(=O)n2CCC(C)C)c(C)c1. The lowest BCUT2D eigenvalue weighted by Crippen LogP contribution is -2.36. The third-order valence-corrected chi connectivity index (χ3v) is 8.04. The number of rotatable bonds is 9. The van der Waals surface area contributed by atoms with E-state index in [2.05, 4.69) is 19.2 Å². The fourth-order valence-electron chi connectivity index (χ4n) is 4.89. The van der Waals surface area contributed by atoms with Gasteiger partial charge in [0.2, 0.25) is 0 Å². The van der Waals surface area contributed by atoms with Crippen molar-refractivity contribution in [1.82, 2.24) is 14.9 Å². The van der Waals surface area contributed by atoms with E-state index in [-0.39, 0.29) is 29.0 Å². The van der Waals surface area contributed by atoms with Crippen LogP contribution in [0.5, 0.6) is 0 Å². The van der Waals surface area contributed by atoms with Crippen LogP contribution in [0.1, 0.15) is 84.2 Å². The normalized spacial score (nSPS) is 14.3. The second kappa shape index (κ2) is 12.1. The van der Waals surface area contributed by atoms with Crippen LogP contribution in [0, 0.1) is 19.8 Å². The Hall–Kier alpha value is -2.93. The molecule has 1 aliphatic carbocycles. The third-order valence-electron chi connectivity index (χ3n) is 7.07. The quantitative estimate of drug-likeness (QED) is 0.210. The molecule has 0 spiro atoms. The third kappa shape index (κ3) is 6.69. The van der Waals surface area contributed by atoms with Crippen molar-refractivity contribution in [1.29, 1.82) is 0 Å². The molecule has 1 amide bonds. The first-order valence-corrected chi connectivity index (χ1v) is 14.3. The zero-order valence-electron chi connectivity index (χ0n) is 22.3. The van der Waals surface area contributed by atoms with Gasteiger partial charge in [0.1, 0.15) is 0 Å². The topological polar surface area (TPSA) is 81.1 Å². The number of nitrogens with one attached hydrogen (secondary N) is 1. The van der Waals surface area contributed by atoms with Crippen molar-refractivity contribution in [2.75, 3.05) is 5.75 Å². The molecule has 1 saturated carbocycles. The number of benzene rings is 2. The number of hydrogen-bond donors (Lipinski definition) is 1. The molecular formula is C30H37N3O3S. The minimum Gasteiger partial charge on any atom is -0.349 e. The highest BCUT2D eigenvalue weighted by atomic mass is 32.2. The largest absolute Gasteiger partial charge is 0.349 e. The summed E-state index contributed by atoms with van der Waals surface area (Å²) in [5.41, 5.74) is 3.62. The number of carbonyl (C=O) groups excluding carboxylic acids is 2. The van der Waals surface area contributed by atoms with E-state index >= 15 is 0 Å². The Morgan fingerprint density at radius 3 is 2.54 bits per heavy atom. The number of fused-ring (bicyclic) bond motifs is 1. The van der Waals surface area contributed by atoms with Crippen LogP contribution in [0.25, 0.3) is 10.9 Å². The van der Waals surface area contributed by atoms with Crippen molar-refractivity contribution < 1.29 is 9.59 Å². The molecule has 0 atom stereocenters. The summed E-state index contributed by atoms with van der Waals surface area (Å²) in [6.45, 7) is 8.72. The maximum Gasteiger partial charge on any atom is 0.262 e. The van der Waals surface area contributed by atoms with Gasteiger partial charge in [-0.2, -0.15) is 0 Å². The predicted molar refractivity (Wildman–Crippen MR) is 151 cm³/mol. The molecular weight excluding hydrogens is 482 g/mol.